The molecule has 0 fully saturated rings. The minimum Gasteiger partial charge on any atom is -0.512 e. The lowest BCUT2D eigenvalue weighted by atomic mass is 10.3. The van der Waals surface area contributed by atoms with Gasteiger partial charge in [-0.1, -0.05) is 6.07 Å². The highest BCUT2D eigenvalue weighted by Crippen LogP contribution is 2.04. The maximum atomic E-state index is 8.88. The molecule has 52 valence electrons. The summed E-state index contributed by atoms with van der Waals surface area (Å²) in [7, 11) is 0. The molecule has 1 aromatic heterocycles. The van der Waals surface area contributed by atoms with Crippen LogP contribution in [0.25, 0.3) is 5.76 Å². The van der Waals surface area contributed by atoms with E-state index >= 15 is 0 Å². The van der Waals surface area contributed by atoms with Crippen LogP contribution in [0.4, 0.5) is 0 Å². The van der Waals surface area contributed by atoms with Crippen molar-refractivity contribution >= 4 is 5.76 Å². The lowest BCUT2D eigenvalue weighted by Crippen LogP contribution is -1.85. The summed E-state index contributed by atoms with van der Waals surface area (Å²) in [5.74, 6) is -0.222. The summed E-state index contributed by atoms with van der Waals surface area (Å²) < 4.78 is 0. The van der Waals surface area contributed by atoms with Crippen molar-refractivity contribution in [3.8, 4) is 0 Å². The molecule has 0 aliphatic rings. The van der Waals surface area contributed by atoms with Gasteiger partial charge in [-0.25, -0.2) is 0 Å². The lowest BCUT2D eigenvalue weighted by molar-refractivity contribution is 0.430. The van der Waals surface area contributed by atoms with E-state index in [1.165, 1.54) is 6.20 Å². The smallest absolute Gasteiger partial charge is 0.175 e. The first-order valence-electron chi connectivity index (χ1n) is 2.79. The molecule has 0 aliphatic heterocycles. The second-order valence-electron chi connectivity index (χ2n) is 1.73. The third-order valence-corrected chi connectivity index (χ3v) is 1.05. The summed E-state index contributed by atoms with van der Waals surface area (Å²) in [5, 5.41) is 17.2. The molecule has 10 heavy (non-hydrogen) atoms. The van der Waals surface area contributed by atoms with Crippen LogP contribution in [0.2, 0.25) is 0 Å². The second-order valence-corrected chi connectivity index (χ2v) is 1.73. The number of aliphatic hydroxyl groups excluding tert-OH is 2. The Labute approximate surface area is 58.3 Å². The van der Waals surface area contributed by atoms with Crippen molar-refractivity contribution in [3.63, 3.8) is 0 Å². The first kappa shape index (κ1) is 6.61. The molecule has 3 heteroatoms. The van der Waals surface area contributed by atoms with Crippen LogP contribution < -0.4 is 0 Å². The molecule has 0 unspecified atom stereocenters. The van der Waals surface area contributed by atoms with Gasteiger partial charge >= 0.3 is 0 Å². The van der Waals surface area contributed by atoms with Gasteiger partial charge in [0.15, 0.2) is 5.76 Å². The van der Waals surface area contributed by atoms with Crippen LogP contribution in [0, 0.1) is 0 Å². The third-order valence-electron chi connectivity index (χ3n) is 1.05. The van der Waals surface area contributed by atoms with Gasteiger partial charge in [-0.15, -0.1) is 0 Å². The molecular formula is C7H7NO2. The fourth-order valence-electron chi connectivity index (χ4n) is 0.580. The van der Waals surface area contributed by atoms with E-state index in [4.69, 9.17) is 10.2 Å². The van der Waals surface area contributed by atoms with Gasteiger partial charge in [0.25, 0.3) is 0 Å². The summed E-state index contributed by atoms with van der Waals surface area (Å²) in [4.78, 5) is 3.77. The van der Waals surface area contributed by atoms with Crippen molar-refractivity contribution in [2.24, 2.45) is 0 Å². The van der Waals surface area contributed by atoms with Gasteiger partial charge in [-0.2, -0.15) is 0 Å². The van der Waals surface area contributed by atoms with Gasteiger partial charge in [0.2, 0.25) is 0 Å². The molecule has 1 aromatic rings. The predicted octanol–water partition coefficient (Wildman–Crippen LogP) is 1.50. The highest BCUT2D eigenvalue weighted by Gasteiger charge is 1.95. The zero-order chi connectivity index (χ0) is 7.40. The first-order chi connectivity index (χ1) is 4.84. The quantitative estimate of drug-likeness (QED) is 0.576. The van der Waals surface area contributed by atoms with E-state index in [0.717, 1.165) is 0 Å². The average molecular weight is 137 g/mol. The molecule has 1 rings (SSSR count). The summed E-state index contributed by atoms with van der Waals surface area (Å²) in [6, 6.07) is 5.05. The van der Waals surface area contributed by atoms with Gasteiger partial charge in [0.05, 0.1) is 0 Å². The van der Waals surface area contributed by atoms with Crippen molar-refractivity contribution in [2.45, 2.75) is 0 Å². The molecule has 0 radical (unpaired) electrons. The van der Waals surface area contributed by atoms with Crippen molar-refractivity contribution in [3.05, 3.63) is 36.4 Å². The summed E-state index contributed by atoms with van der Waals surface area (Å²) in [5.41, 5.74) is 0.366. The van der Waals surface area contributed by atoms with E-state index in [0.29, 0.717) is 12.0 Å². The molecule has 1 heterocycles. The highest BCUT2D eigenvalue weighted by atomic mass is 16.3. The van der Waals surface area contributed by atoms with Gasteiger partial charge in [-0.05, 0) is 12.1 Å². The van der Waals surface area contributed by atoms with Gasteiger partial charge in [-0.3, -0.25) is 4.98 Å². The molecule has 2 N–H and O–H groups in total. The maximum absolute atomic E-state index is 8.88. The summed E-state index contributed by atoms with van der Waals surface area (Å²) in [6.45, 7) is 0. The number of rotatable bonds is 1. The van der Waals surface area contributed by atoms with Crippen LogP contribution in [-0.4, -0.2) is 15.2 Å². The topological polar surface area (TPSA) is 53.4 Å². The largest absolute Gasteiger partial charge is 0.512 e. The zero-order valence-electron chi connectivity index (χ0n) is 5.23. The maximum Gasteiger partial charge on any atom is 0.175 e. The molecule has 0 aromatic carbocycles. The van der Waals surface area contributed by atoms with Crippen molar-refractivity contribution < 1.29 is 10.2 Å². The SMILES string of the molecule is OC=C(O)c1ccccn1. The molecule has 0 saturated heterocycles. The van der Waals surface area contributed by atoms with Crippen LogP contribution in [0.5, 0.6) is 0 Å². The van der Waals surface area contributed by atoms with E-state index in [9.17, 15) is 0 Å². The second kappa shape index (κ2) is 2.87. The van der Waals surface area contributed by atoms with Crippen molar-refractivity contribution in [1.82, 2.24) is 4.98 Å². The van der Waals surface area contributed by atoms with Crippen LogP contribution in [0.1, 0.15) is 5.69 Å². The molecular weight excluding hydrogens is 130 g/mol. The zero-order valence-corrected chi connectivity index (χ0v) is 5.23. The average Bonchev–Trinajstić information content (AvgIpc) is 2.05. The molecule has 3 nitrogen and oxygen atoms in total. The Morgan fingerprint density at radius 3 is 2.80 bits per heavy atom. The minimum absolute atomic E-state index is 0.222. The molecule has 0 amide bonds. The Morgan fingerprint density at radius 1 is 1.50 bits per heavy atom. The third kappa shape index (κ3) is 1.25. The molecule has 0 spiro atoms. The van der Waals surface area contributed by atoms with Crippen molar-refractivity contribution in [1.29, 1.82) is 0 Å². The number of aromatic nitrogens is 1. The molecule has 0 saturated carbocycles. The Kier molecular flexibility index (Phi) is 1.89. The van der Waals surface area contributed by atoms with E-state index in [-0.39, 0.29) is 5.76 Å². The lowest BCUT2D eigenvalue weighted by Gasteiger charge is -1.93. The van der Waals surface area contributed by atoms with Crippen molar-refractivity contribution in [2.75, 3.05) is 0 Å². The fourth-order valence-corrected chi connectivity index (χ4v) is 0.580. The standard InChI is InChI=1S/C7H7NO2/c9-5-7(10)6-3-1-2-4-8-6/h1-5,9-10H. The normalized spacial score (nSPS) is 11.4. The highest BCUT2D eigenvalue weighted by molar-refractivity contribution is 5.52. The number of nitrogens with zero attached hydrogens (tertiary/aromatic N) is 1. The van der Waals surface area contributed by atoms with E-state index in [2.05, 4.69) is 4.98 Å². The minimum atomic E-state index is -0.222. The number of pyridine rings is 1. The monoisotopic (exact) mass is 137 g/mol. The van der Waals surface area contributed by atoms with E-state index in [1.54, 1.807) is 18.2 Å². The number of hydrogen-bond donors (Lipinski definition) is 2. The van der Waals surface area contributed by atoms with E-state index < -0.39 is 0 Å². The Hall–Kier alpha value is -1.51. The summed E-state index contributed by atoms with van der Waals surface area (Å²) in [6.07, 6.45) is 2.15. The van der Waals surface area contributed by atoms with Crippen LogP contribution in [0.15, 0.2) is 30.7 Å². The van der Waals surface area contributed by atoms with Crippen LogP contribution in [-0.2, 0) is 0 Å². The van der Waals surface area contributed by atoms with Gasteiger partial charge in [0.1, 0.15) is 12.0 Å². The number of hydrogen-bond acceptors (Lipinski definition) is 3. The Bertz CT molecular complexity index is 231. The fraction of sp³-hybridized carbons (Fsp3) is 0. The van der Waals surface area contributed by atoms with Gasteiger partial charge in [0, 0.05) is 6.20 Å². The summed E-state index contributed by atoms with van der Waals surface area (Å²) >= 11 is 0. The molecule has 0 aliphatic carbocycles. The molecule has 0 atom stereocenters. The molecule has 0 bridgehead atoms. The number of aliphatic hydroxyl groups is 2. The predicted molar refractivity (Wildman–Crippen MR) is 37.5 cm³/mol. The van der Waals surface area contributed by atoms with Crippen LogP contribution >= 0.6 is 0 Å². The van der Waals surface area contributed by atoms with E-state index in [1.807, 2.05) is 0 Å². The Balaban J connectivity index is 2.96. The Morgan fingerprint density at radius 2 is 2.30 bits per heavy atom. The van der Waals surface area contributed by atoms with Crippen LogP contribution in [0.3, 0.4) is 0 Å². The van der Waals surface area contributed by atoms with Gasteiger partial charge < -0.3 is 10.2 Å². The first-order valence-corrected chi connectivity index (χ1v) is 2.79.